The first-order valence-electron chi connectivity index (χ1n) is 6.77. The van der Waals surface area contributed by atoms with Crippen LogP contribution in [-0.2, 0) is 6.54 Å². The van der Waals surface area contributed by atoms with Crippen molar-refractivity contribution < 1.29 is 4.39 Å². The summed E-state index contributed by atoms with van der Waals surface area (Å²) < 4.78 is 15.8. The van der Waals surface area contributed by atoms with Crippen molar-refractivity contribution >= 4 is 22.8 Å². The van der Waals surface area contributed by atoms with Crippen molar-refractivity contribution in [2.45, 2.75) is 25.8 Å². The first kappa shape index (κ1) is 14.0. The van der Waals surface area contributed by atoms with Crippen LogP contribution < -0.4 is 0 Å². The predicted octanol–water partition coefficient (Wildman–Crippen LogP) is 4.23. The summed E-state index contributed by atoms with van der Waals surface area (Å²) in [5.74, 6) is 0.469. The van der Waals surface area contributed by atoms with E-state index in [1.165, 1.54) is 6.07 Å². The fourth-order valence-corrected chi connectivity index (χ4v) is 2.58. The summed E-state index contributed by atoms with van der Waals surface area (Å²) in [6.07, 6.45) is 1.74. The molecule has 108 valence electrons. The number of fused-ring (bicyclic) bond motifs is 1. The summed E-state index contributed by atoms with van der Waals surface area (Å²) in [6, 6.07) is 8.63. The van der Waals surface area contributed by atoms with Crippen LogP contribution in [0.4, 0.5) is 4.39 Å². The Morgan fingerprint density at radius 3 is 2.76 bits per heavy atom. The van der Waals surface area contributed by atoms with E-state index >= 15 is 0 Å². The second-order valence-electron chi connectivity index (χ2n) is 5.06. The third-order valence-electron chi connectivity index (χ3n) is 3.51. The Bertz CT molecular complexity index is 795. The molecule has 0 aliphatic carbocycles. The molecule has 21 heavy (non-hydrogen) atoms. The molecule has 2 aromatic heterocycles. The van der Waals surface area contributed by atoms with Crippen molar-refractivity contribution in [1.29, 1.82) is 0 Å². The van der Waals surface area contributed by atoms with Crippen molar-refractivity contribution in [3.63, 3.8) is 0 Å². The standard InChI is InChI=1S/C16H15ClFN3/c1-10-7-8-19-16-14(10)20-15(11(2)17)21(16)9-12-5-3-4-6-13(12)18/h3-8,11H,9H2,1-2H3. The molecule has 1 aromatic carbocycles. The van der Waals surface area contributed by atoms with Crippen LogP contribution >= 0.6 is 11.6 Å². The van der Waals surface area contributed by atoms with Crippen LogP contribution in [0.1, 0.15) is 29.3 Å². The zero-order valence-electron chi connectivity index (χ0n) is 11.8. The summed E-state index contributed by atoms with van der Waals surface area (Å²) in [4.78, 5) is 8.97. The van der Waals surface area contributed by atoms with Gasteiger partial charge in [0.1, 0.15) is 17.2 Å². The number of rotatable bonds is 3. The van der Waals surface area contributed by atoms with Gasteiger partial charge in [-0.05, 0) is 31.5 Å². The second kappa shape index (κ2) is 5.45. The summed E-state index contributed by atoms with van der Waals surface area (Å²) in [5.41, 5.74) is 3.18. The minimum Gasteiger partial charge on any atom is -0.307 e. The predicted molar refractivity (Wildman–Crippen MR) is 82.0 cm³/mol. The number of imidazole rings is 1. The normalized spacial score (nSPS) is 12.8. The Morgan fingerprint density at radius 2 is 2.05 bits per heavy atom. The molecule has 0 spiro atoms. The summed E-state index contributed by atoms with van der Waals surface area (Å²) >= 11 is 6.23. The van der Waals surface area contributed by atoms with E-state index in [-0.39, 0.29) is 11.2 Å². The van der Waals surface area contributed by atoms with Gasteiger partial charge in [-0.25, -0.2) is 14.4 Å². The molecule has 0 bridgehead atoms. The zero-order chi connectivity index (χ0) is 15.0. The average molecular weight is 304 g/mol. The SMILES string of the molecule is Cc1ccnc2c1nc(C(C)Cl)n2Cc1ccccc1F. The number of benzene rings is 1. The molecule has 0 aliphatic heterocycles. The van der Waals surface area contributed by atoms with E-state index in [0.29, 0.717) is 17.9 Å². The van der Waals surface area contributed by atoms with Crippen LogP contribution in [0.15, 0.2) is 36.5 Å². The maximum absolute atomic E-state index is 13.9. The lowest BCUT2D eigenvalue weighted by Gasteiger charge is -2.10. The topological polar surface area (TPSA) is 30.7 Å². The molecular formula is C16H15ClFN3. The van der Waals surface area contributed by atoms with E-state index in [1.54, 1.807) is 18.3 Å². The fraction of sp³-hybridized carbons (Fsp3) is 0.250. The Labute approximate surface area is 127 Å². The number of aryl methyl sites for hydroxylation is 1. The number of pyridine rings is 1. The van der Waals surface area contributed by atoms with Crippen LogP contribution in [0.3, 0.4) is 0 Å². The number of hydrogen-bond donors (Lipinski definition) is 0. The van der Waals surface area contributed by atoms with Gasteiger partial charge in [0.2, 0.25) is 0 Å². The third kappa shape index (κ3) is 2.51. The van der Waals surface area contributed by atoms with Crippen LogP contribution in [-0.4, -0.2) is 14.5 Å². The maximum Gasteiger partial charge on any atom is 0.160 e. The number of alkyl halides is 1. The molecule has 0 saturated carbocycles. The van der Waals surface area contributed by atoms with Gasteiger partial charge < -0.3 is 4.57 Å². The van der Waals surface area contributed by atoms with E-state index in [2.05, 4.69) is 9.97 Å². The molecule has 5 heteroatoms. The fourth-order valence-electron chi connectivity index (χ4n) is 2.41. The third-order valence-corrected chi connectivity index (χ3v) is 3.70. The van der Waals surface area contributed by atoms with Crippen molar-refractivity contribution in [3.05, 3.63) is 59.3 Å². The highest BCUT2D eigenvalue weighted by molar-refractivity contribution is 6.20. The molecular weight excluding hydrogens is 289 g/mol. The van der Waals surface area contributed by atoms with Gasteiger partial charge in [0.05, 0.1) is 11.9 Å². The highest BCUT2D eigenvalue weighted by Crippen LogP contribution is 2.26. The van der Waals surface area contributed by atoms with Crippen LogP contribution in [0.2, 0.25) is 0 Å². The smallest absolute Gasteiger partial charge is 0.160 e. The Hall–Kier alpha value is -1.94. The van der Waals surface area contributed by atoms with Crippen molar-refractivity contribution in [1.82, 2.24) is 14.5 Å². The minimum atomic E-state index is -0.273. The maximum atomic E-state index is 13.9. The summed E-state index contributed by atoms with van der Waals surface area (Å²) in [7, 11) is 0. The Kier molecular flexibility index (Phi) is 3.64. The minimum absolute atomic E-state index is 0.236. The monoisotopic (exact) mass is 303 g/mol. The van der Waals surface area contributed by atoms with E-state index in [0.717, 1.165) is 16.7 Å². The van der Waals surface area contributed by atoms with Gasteiger partial charge >= 0.3 is 0 Å². The number of halogens is 2. The van der Waals surface area contributed by atoms with Gasteiger partial charge in [-0.2, -0.15) is 0 Å². The first-order chi connectivity index (χ1) is 10.1. The number of hydrogen-bond acceptors (Lipinski definition) is 2. The summed E-state index contributed by atoms with van der Waals surface area (Å²) in [5, 5.41) is -0.273. The largest absolute Gasteiger partial charge is 0.307 e. The van der Waals surface area contributed by atoms with E-state index in [9.17, 15) is 4.39 Å². The van der Waals surface area contributed by atoms with Crippen molar-refractivity contribution in [3.8, 4) is 0 Å². The lowest BCUT2D eigenvalue weighted by atomic mass is 10.2. The molecule has 0 N–H and O–H groups in total. The first-order valence-corrected chi connectivity index (χ1v) is 7.21. The molecule has 1 atom stereocenters. The molecule has 2 heterocycles. The van der Waals surface area contributed by atoms with Gasteiger partial charge in [-0.1, -0.05) is 18.2 Å². The molecule has 3 rings (SSSR count). The van der Waals surface area contributed by atoms with E-state index in [1.807, 2.05) is 30.5 Å². The highest BCUT2D eigenvalue weighted by Gasteiger charge is 2.18. The van der Waals surface area contributed by atoms with E-state index in [4.69, 9.17) is 11.6 Å². The number of nitrogens with zero attached hydrogens (tertiary/aromatic N) is 3. The lowest BCUT2D eigenvalue weighted by Crippen LogP contribution is -2.07. The zero-order valence-corrected chi connectivity index (χ0v) is 12.6. The van der Waals surface area contributed by atoms with Crippen LogP contribution in [0, 0.1) is 12.7 Å². The van der Waals surface area contributed by atoms with Gasteiger partial charge in [0.15, 0.2) is 5.65 Å². The summed E-state index contributed by atoms with van der Waals surface area (Å²) in [6.45, 7) is 4.20. The molecule has 3 nitrogen and oxygen atoms in total. The molecule has 0 fully saturated rings. The van der Waals surface area contributed by atoms with Gasteiger partial charge in [-0.3, -0.25) is 0 Å². The van der Waals surface area contributed by atoms with Crippen LogP contribution in [0.5, 0.6) is 0 Å². The average Bonchev–Trinajstić information content (AvgIpc) is 2.82. The molecule has 1 unspecified atom stereocenters. The van der Waals surface area contributed by atoms with Crippen LogP contribution in [0.25, 0.3) is 11.2 Å². The Morgan fingerprint density at radius 1 is 1.29 bits per heavy atom. The molecule has 0 radical (unpaired) electrons. The van der Waals surface area contributed by atoms with Crippen molar-refractivity contribution in [2.75, 3.05) is 0 Å². The molecule has 3 aromatic rings. The van der Waals surface area contributed by atoms with E-state index < -0.39 is 0 Å². The van der Waals surface area contributed by atoms with Gasteiger partial charge in [-0.15, -0.1) is 11.6 Å². The van der Waals surface area contributed by atoms with Gasteiger partial charge in [0.25, 0.3) is 0 Å². The highest BCUT2D eigenvalue weighted by atomic mass is 35.5. The number of aromatic nitrogens is 3. The second-order valence-corrected chi connectivity index (χ2v) is 5.72. The molecule has 0 saturated heterocycles. The lowest BCUT2D eigenvalue weighted by molar-refractivity contribution is 0.596. The quantitative estimate of drug-likeness (QED) is 0.678. The van der Waals surface area contributed by atoms with Crippen molar-refractivity contribution in [2.24, 2.45) is 0 Å². The Balaban J connectivity index is 2.19. The molecule has 0 amide bonds. The molecule has 0 aliphatic rings. The van der Waals surface area contributed by atoms with Gasteiger partial charge in [0, 0.05) is 11.8 Å².